The van der Waals surface area contributed by atoms with Crippen molar-refractivity contribution in [2.75, 3.05) is 0 Å². The van der Waals surface area contributed by atoms with Gasteiger partial charge in [-0.3, -0.25) is 0 Å². The quantitative estimate of drug-likeness (QED) is 0.476. The minimum atomic E-state index is -1.93. The zero-order valence-electron chi connectivity index (χ0n) is 3.01. The van der Waals surface area contributed by atoms with Gasteiger partial charge in [0.2, 0.25) is 0 Å². The van der Waals surface area contributed by atoms with Crippen LogP contribution in [0.15, 0.2) is 0 Å². The molecule has 7 heavy (non-hydrogen) atoms. The molecule has 0 heterocycles. The summed E-state index contributed by atoms with van der Waals surface area (Å²) < 4.78 is 0. The molecule has 0 aromatic rings. The van der Waals surface area contributed by atoms with Gasteiger partial charge < -0.3 is 11.0 Å². The number of hydrogen-bond acceptors (Lipinski definition) is 0. The molecular formula is H4Br4O2Sn. The van der Waals surface area contributed by atoms with Crippen LogP contribution < -0.4 is 0 Å². The summed E-state index contributed by atoms with van der Waals surface area (Å²) in [5.41, 5.74) is 0. The molecular weight excluding hydrogens is 470 g/mol. The molecule has 0 saturated heterocycles. The van der Waals surface area contributed by atoms with Crippen LogP contribution in [0.3, 0.4) is 0 Å². The molecule has 0 saturated carbocycles. The van der Waals surface area contributed by atoms with Gasteiger partial charge in [0.25, 0.3) is 0 Å². The first kappa shape index (κ1) is 16.3. The van der Waals surface area contributed by atoms with Crippen molar-refractivity contribution < 1.29 is 11.0 Å². The first-order valence-electron chi connectivity index (χ1n) is 0.756. The standard InChI is InChI=1S/4BrH.2H2O.Sn/h4*1H;2*1H2;/q;;;;;;+4/p-4. The Morgan fingerprint density at radius 3 is 0.714 bits per heavy atom. The summed E-state index contributed by atoms with van der Waals surface area (Å²) in [6.07, 6.45) is 0. The molecule has 0 aliphatic heterocycles. The molecule has 2 nitrogen and oxygen atoms in total. The zero-order chi connectivity index (χ0) is 4.50. The summed E-state index contributed by atoms with van der Waals surface area (Å²) in [6, 6.07) is 0. The maximum absolute atomic E-state index is 3.34. The molecule has 7 heteroatoms. The molecule has 0 spiro atoms. The van der Waals surface area contributed by atoms with E-state index in [1.54, 1.807) is 0 Å². The third kappa shape index (κ3) is 54.7. The Labute approximate surface area is 69.9 Å². The summed E-state index contributed by atoms with van der Waals surface area (Å²) in [5.74, 6) is 0. The Balaban J connectivity index is -0.0000000800. The average Bonchev–Trinajstić information content (AvgIpc) is 0.722. The van der Waals surface area contributed by atoms with Crippen molar-refractivity contribution in [3.05, 3.63) is 0 Å². The van der Waals surface area contributed by atoms with Gasteiger partial charge in [-0.2, -0.15) is 0 Å². The fourth-order valence-corrected chi connectivity index (χ4v) is 0. The van der Waals surface area contributed by atoms with E-state index in [0.717, 1.165) is 0 Å². The van der Waals surface area contributed by atoms with E-state index in [0.29, 0.717) is 0 Å². The Morgan fingerprint density at radius 1 is 0.714 bits per heavy atom. The molecule has 0 aromatic heterocycles. The summed E-state index contributed by atoms with van der Waals surface area (Å²) in [5, 5.41) is 0. The molecule has 4 N–H and O–H groups in total. The van der Waals surface area contributed by atoms with Gasteiger partial charge in [-0.25, -0.2) is 0 Å². The van der Waals surface area contributed by atoms with Crippen LogP contribution >= 0.6 is 50.8 Å². The van der Waals surface area contributed by atoms with Crippen LogP contribution in [0.1, 0.15) is 0 Å². The molecule has 48 valence electrons. The summed E-state index contributed by atoms with van der Waals surface area (Å²) >= 11 is 13.3. The van der Waals surface area contributed by atoms with Crippen molar-refractivity contribution >= 4 is 60.3 Å². The Morgan fingerprint density at radius 2 is 0.714 bits per heavy atom. The number of rotatable bonds is 0. The third-order valence-corrected chi connectivity index (χ3v) is 0. The first-order valence-corrected chi connectivity index (χ1v) is 26.3. The molecule has 0 unspecified atom stereocenters. The van der Waals surface area contributed by atoms with E-state index in [4.69, 9.17) is 0 Å². The molecule has 0 bridgehead atoms. The van der Waals surface area contributed by atoms with Gasteiger partial charge in [0.15, 0.2) is 0 Å². The molecule has 0 radical (unpaired) electrons. The average molecular weight is 474 g/mol. The fraction of sp³-hybridized carbons (Fsp3) is 0. The van der Waals surface area contributed by atoms with E-state index in [9.17, 15) is 0 Å². The van der Waals surface area contributed by atoms with Crippen molar-refractivity contribution in [1.29, 1.82) is 0 Å². The van der Waals surface area contributed by atoms with Crippen molar-refractivity contribution in [2.45, 2.75) is 0 Å². The van der Waals surface area contributed by atoms with E-state index in [1.807, 2.05) is 0 Å². The maximum atomic E-state index is 3.34. The second-order valence-corrected chi connectivity index (χ2v) is 77.6. The van der Waals surface area contributed by atoms with Crippen molar-refractivity contribution in [2.24, 2.45) is 0 Å². The molecule has 0 atom stereocenters. The Kier molecular flexibility index (Phi) is 15.7. The minimum absolute atomic E-state index is 0. The predicted octanol–water partition coefficient (Wildman–Crippen LogP) is 1.35. The number of hydrogen-bond donors (Lipinski definition) is 0. The van der Waals surface area contributed by atoms with Crippen LogP contribution in [-0.4, -0.2) is 20.4 Å². The predicted molar refractivity (Wildman–Crippen MR) is 48.7 cm³/mol. The Bertz CT molecular complexity index is 25.2. The van der Waals surface area contributed by atoms with Gasteiger partial charge in [0.05, 0.1) is 0 Å². The molecule has 0 rings (SSSR count). The van der Waals surface area contributed by atoms with Crippen molar-refractivity contribution in [3.63, 3.8) is 0 Å². The monoisotopic (exact) mass is 472 g/mol. The van der Waals surface area contributed by atoms with E-state index in [2.05, 4.69) is 50.8 Å². The van der Waals surface area contributed by atoms with E-state index in [-0.39, 0.29) is 11.0 Å². The summed E-state index contributed by atoms with van der Waals surface area (Å²) in [6.45, 7) is 0. The second kappa shape index (κ2) is 6.75. The SMILES string of the molecule is O.O.[Br][Sn]([Br])([Br])[Br]. The topological polar surface area (TPSA) is 63.0 Å². The molecule has 0 aliphatic carbocycles. The molecule has 0 fully saturated rings. The first-order chi connectivity index (χ1) is 2.00. The second-order valence-electron chi connectivity index (χ2n) is 0.429. The third-order valence-electron chi connectivity index (χ3n) is 0. The van der Waals surface area contributed by atoms with Crippen LogP contribution in [0.4, 0.5) is 0 Å². The van der Waals surface area contributed by atoms with Crippen molar-refractivity contribution in [1.82, 2.24) is 0 Å². The van der Waals surface area contributed by atoms with E-state index < -0.39 is 9.49 Å². The summed E-state index contributed by atoms with van der Waals surface area (Å²) in [4.78, 5) is 0. The van der Waals surface area contributed by atoms with E-state index in [1.165, 1.54) is 0 Å². The summed E-state index contributed by atoms with van der Waals surface area (Å²) in [7, 11) is -1.93. The molecule has 0 aromatic carbocycles. The van der Waals surface area contributed by atoms with Gasteiger partial charge >= 0.3 is 60.3 Å². The molecule has 0 amide bonds. The van der Waals surface area contributed by atoms with Crippen LogP contribution in [0.25, 0.3) is 0 Å². The number of halogens is 4. The zero-order valence-corrected chi connectivity index (χ0v) is 12.2. The van der Waals surface area contributed by atoms with Gasteiger partial charge in [0.1, 0.15) is 0 Å². The normalized spacial score (nSPS) is 8.57. The van der Waals surface area contributed by atoms with Crippen LogP contribution in [0.5, 0.6) is 0 Å². The Hall–Kier alpha value is 2.64. The van der Waals surface area contributed by atoms with Crippen LogP contribution in [0.2, 0.25) is 0 Å². The fourth-order valence-electron chi connectivity index (χ4n) is 0. The molecule has 0 aliphatic rings. The van der Waals surface area contributed by atoms with Crippen LogP contribution in [0, 0.1) is 0 Å². The van der Waals surface area contributed by atoms with Crippen molar-refractivity contribution in [3.8, 4) is 0 Å². The van der Waals surface area contributed by atoms with Gasteiger partial charge in [-0.05, 0) is 0 Å². The van der Waals surface area contributed by atoms with Gasteiger partial charge in [0, 0.05) is 0 Å². The van der Waals surface area contributed by atoms with Gasteiger partial charge in [-0.1, -0.05) is 0 Å². The van der Waals surface area contributed by atoms with Gasteiger partial charge in [-0.15, -0.1) is 0 Å². The van der Waals surface area contributed by atoms with Crippen LogP contribution in [-0.2, 0) is 0 Å². The van der Waals surface area contributed by atoms with E-state index >= 15 is 0 Å².